The van der Waals surface area contributed by atoms with Gasteiger partial charge >= 0.3 is 6.09 Å². The Labute approximate surface area is 144 Å². The van der Waals surface area contributed by atoms with Crippen LogP contribution in [0.2, 0.25) is 0 Å². The third kappa shape index (κ3) is 3.52. The van der Waals surface area contributed by atoms with Gasteiger partial charge in [-0.2, -0.15) is 0 Å². The highest BCUT2D eigenvalue weighted by atomic mass is 79.9. The molecule has 0 N–H and O–H groups in total. The predicted molar refractivity (Wildman–Crippen MR) is 92.7 cm³/mol. The van der Waals surface area contributed by atoms with E-state index in [1.54, 1.807) is 4.90 Å². The highest BCUT2D eigenvalue weighted by Crippen LogP contribution is 2.30. The molecule has 124 valence electrons. The van der Waals surface area contributed by atoms with E-state index in [2.05, 4.69) is 25.3 Å². The third-order valence-electron chi connectivity index (χ3n) is 4.06. The number of imidazole rings is 1. The Morgan fingerprint density at radius 1 is 1.35 bits per heavy atom. The van der Waals surface area contributed by atoms with Crippen molar-refractivity contribution in [3.05, 3.63) is 34.8 Å². The van der Waals surface area contributed by atoms with Gasteiger partial charge in [0.25, 0.3) is 0 Å². The molecule has 1 saturated heterocycles. The summed E-state index contributed by atoms with van der Waals surface area (Å²) in [7, 11) is 0. The summed E-state index contributed by atoms with van der Waals surface area (Å²) in [5.41, 5.74) is 0.636. The lowest BCUT2D eigenvalue weighted by Crippen LogP contribution is -2.41. The number of halogens is 1. The van der Waals surface area contributed by atoms with E-state index in [9.17, 15) is 4.79 Å². The van der Waals surface area contributed by atoms with E-state index < -0.39 is 5.60 Å². The zero-order chi connectivity index (χ0) is 16.6. The quantitative estimate of drug-likeness (QED) is 0.745. The van der Waals surface area contributed by atoms with Crippen molar-refractivity contribution in [3.63, 3.8) is 0 Å². The van der Waals surface area contributed by atoms with Crippen LogP contribution < -0.4 is 0 Å². The number of carbonyl (C=O) groups excluding carboxylic acids is 1. The second-order valence-corrected chi connectivity index (χ2v) is 7.82. The number of likely N-dealkylation sites (tertiary alicyclic amines) is 1. The number of carbonyl (C=O) groups is 1. The van der Waals surface area contributed by atoms with E-state index in [1.807, 2.05) is 45.3 Å². The average Bonchev–Trinajstić information content (AvgIpc) is 2.91. The molecule has 0 aromatic carbocycles. The van der Waals surface area contributed by atoms with Gasteiger partial charge in [-0.05, 0) is 61.7 Å². The highest BCUT2D eigenvalue weighted by molar-refractivity contribution is 9.10. The molecular formula is C17H22BrN3O2. The maximum atomic E-state index is 12.1. The standard InChI is InChI=1S/C17H22BrN3O2/c1-17(2,3)23-16(22)20-9-6-12(7-10-20)15-19-11-14-13(18)5-4-8-21(14)15/h4-5,8,11-12H,6-7,9-10H2,1-3H3. The van der Waals surface area contributed by atoms with Crippen molar-refractivity contribution in [3.8, 4) is 0 Å². The molecule has 2 aromatic heterocycles. The van der Waals surface area contributed by atoms with Crippen LogP contribution in [0.5, 0.6) is 0 Å². The lowest BCUT2D eigenvalue weighted by Gasteiger charge is -2.33. The first-order chi connectivity index (χ1) is 10.8. The van der Waals surface area contributed by atoms with Crippen molar-refractivity contribution in [2.75, 3.05) is 13.1 Å². The van der Waals surface area contributed by atoms with Gasteiger partial charge in [-0.15, -0.1) is 0 Å². The van der Waals surface area contributed by atoms with Gasteiger partial charge in [-0.25, -0.2) is 9.78 Å². The Kier molecular flexibility index (Phi) is 4.36. The fourth-order valence-electron chi connectivity index (χ4n) is 2.96. The molecule has 23 heavy (non-hydrogen) atoms. The second kappa shape index (κ2) is 6.15. The molecule has 0 atom stereocenters. The third-order valence-corrected chi connectivity index (χ3v) is 4.73. The maximum Gasteiger partial charge on any atom is 0.410 e. The van der Waals surface area contributed by atoms with Gasteiger partial charge in [0.05, 0.1) is 11.7 Å². The van der Waals surface area contributed by atoms with E-state index in [0.717, 1.165) is 28.7 Å². The molecule has 3 rings (SSSR count). The number of aromatic nitrogens is 2. The summed E-state index contributed by atoms with van der Waals surface area (Å²) in [6.45, 7) is 7.11. The molecule has 6 heteroatoms. The van der Waals surface area contributed by atoms with Crippen molar-refractivity contribution < 1.29 is 9.53 Å². The predicted octanol–water partition coefficient (Wildman–Crippen LogP) is 4.21. The minimum atomic E-state index is -0.445. The van der Waals surface area contributed by atoms with Gasteiger partial charge in [0.15, 0.2) is 0 Å². The van der Waals surface area contributed by atoms with Gasteiger partial charge in [0.1, 0.15) is 11.4 Å². The largest absolute Gasteiger partial charge is 0.444 e. The normalized spacial score (nSPS) is 16.8. The minimum Gasteiger partial charge on any atom is -0.444 e. The van der Waals surface area contributed by atoms with Crippen molar-refractivity contribution in [1.82, 2.24) is 14.3 Å². The molecule has 1 fully saturated rings. The van der Waals surface area contributed by atoms with Crippen LogP contribution in [-0.2, 0) is 4.74 Å². The number of piperidine rings is 1. The first-order valence-electron chi connectivity index (χ1n) is 7.94. The molecule has 0 radical (unpaired) electrons. The Morgan fingerprint density at radius 3 is 2.70 bits per heavy atom. The van der Waals surface area contributed by atoms with Crippen LogP contribution in [-0.4, -0.2) is 39.1 Å². The Bertz CT molecular complexity index is 712. The van der Waals surface area contributed by atoms with Crippen molar-refractivity contribution in [2.45, 2.75) is 45.1 Å². The fourth-order valence-corrected chi connectivity index (χ4v) is 3.40. The number of pyridine rings is 1. The second-order valence-electron chi connectivity index (χ2n) is 6.97. The number of ether oxygens (including phenoxy) is 1. The van der Waals surface area contributed by atoms with Crippen molar-refractivity contribution in [2.24, 2.45) is 0 Å². The van der Waals surface area contributed by atoms with E-state index >= 15 is 0 Å². The smallest absolute Gasteiger partial charge is 0.410 e. The number of fused-ring (bicyclic) bond motifs is 1. The van der Waals surface area contributed by atoms with Crippen LogP contribution in [0.25, 0.3) is 5.52 Å². The zero-order valence-corrected chi connectivity index (χ0v) is 15.3. The maximum absolute atomic E-state index is 12.1. The van der Waals surface area contributed by atoms with Gasteiger partial charge in [0, 0.05) is 29.7 Å². The SMILES string of the molecule is CC(C)(C)OC(=O)N1CCC(c2ncc3c(Br)cccn23)CC1. The number of amides is 1. The number of hydrogen-bond acceptors (Lipinski definition) is 3. The molecule has 0 aliphatic carbocycles. The number of hydrogen-bond donors (Lipinski definition) is 0. The lowest BCUT2D eigenvalue weighted by molar-refractivity contribution is 0.0203. The van der Waals surface area contributed by atoms with Crippen LogP contribution in [0.15, 0.2) is 29.0 Å². The molecular weight excluding hydrogens is 358 g/mol. The zero-order valence-electron chi connectivity index (χ0n) is 13.8. The molecule has 1 aliphatic heterocycles. The Hall–Kier alpha value is -1.56. The summed E-state index contributed by atoms with van der Waals surface area (Å²) in [6.07, 6.45) is 5.55. The van der Waals surface area contributed by atoms with Gasteiger partial charge < -0.3 is 14.0 Å². The van der Waals surface area contributed by atoms with Crippen LogP contribution in [0.3, 0.4) is 0 Å². The molecule has 3 heterocycles. The van der Waals surface area contributed by atoms with Crippen LogP contribution in [0.1, 0.15) is 45.4 Å². The van der Waals surface area contributed by atoms with Crippen LogP contribution in [0.4, 0.5) is 4.79 Å². The van der Waals surface area contributed by atoms with E-state index in [0.29, 0.717) is 19.0 Å². The molecule has 1 amide bonds. The summed E-state index contributed by atoms with van der Waals surface area (Å²) in [4.78, 5) is 18.5. The molecule has 0 spiro atoms. The fraction of sp³-hybridized carbons (Fsp3) is 0.529. The summed E-state index contributed by atoms with van der Waals surface area (Å²) in [5, 5.41) is 0. The molecule has 0 saturated carbocycles. The molecule has 2 aromatic rings. The Morgan fingerprint density at radius 2 is 2.04 bits per heavy atom. The van der Waals surface area contributed by atoms with E-state index in [1.165, 1.54) is 0 Å². The van der Waals surface area contributed by atoms with Crippen LogP contribution in [0, 0.1) is 0 Å². The number of rotatable bonds is 1. The van der Waals surface area contributed by atoms with E-state index in [4.69, 9.17) is 4.74 Å². The molecule has 1 aliphatic rings. The highest BCUT2D eigenvalue weighted by Gasteiger charge is 2.29. The van der Waals surface area contributed by atoms with Gasteiger partial charge in [0.2, 0.25) is 0 Å². The van der Waals surface area contributed by atoms with Gasteiger partial charge in [-0.3, -0.25) is 0 Å². The summed E-state index contributed by atoms with van der Waals surface area (Å²) in [6, 6.07) is 4.03. The first kappa shape index (κ1) is 16.3. The minimum absolute atomic E-state index is 0.216. The average molecular weight is 380 g/mol. The lowest BCUT2D eigenvalue weighted by atomic mass is 9.96. The first-order valence-corrected chi connectivity index (χ1v) is 8.74. The van der Waals surface area contributed by atoms with Crippen molar-refractivity contribution >= 4 is 27.5 Å². The Balaban J connectivity index is 1.69. The summed E-state index contributed by atoms with van der Waals surface area (Å²) in [5.74, 6) is 1.44. The summed E-state index contributed by atoms with van der Waals surface area (Å²) < 4.78 is 8.63. The molecule has 0 unspecified atom stereocenters. The van der Waals surface area contributed by atoms with Crippen molar-refractivity contribution in [1.29, 1.82) is 0 Å². The van der Waals surface area contributed by atoms with E-state index in [-0.39, 0.29) is 6.09 Å². The van der Waals surface area contributed by atoms with Crippen LogP contribution >= 0.6 is 15.9 Å². The van der Waals surface area contributed by atoms with Gasteiger partial charge in [-0.1, -0.05) is 0 Å². The number of nitrogens with zero attached hydrogens (tertiary/aromatic N) is 3. The monoisotopic (exact) mass is 379 g/mol. The summed E-state index contributed by atoms with van der Waals surface area (Å²) >= 11 is 3.56. The topological polar surface area (TPSA) is 46.8 Å². The molecule has 5 nitrogen and oxygen atoms in total. The molecule has 0 bridgehead atoms.